The number of carbonyl (C=O) groups is 1. The van der Waals surface area contributed by atoms with Crippen LogP contribution in [-0.4, -0.2) is 13.1 Å². The van der Waals surface area contributed by atoms with E-state index in [0.29, 0.717) is 5.92 Å². The van der Waals surface area contributed by atoms with Crippen molar-refractivity contribution < 1.29 is 9.53 Å². The summed E-state index contributed by atoms with van der Waals surface area (Å²) in [5, 5.41) is 0. The van der Waals surface area contributed by atoms with Crippen molar-refractivity contribution in [1.82, 2.24) is 0 Å². The lowest BCUT2D eigenvalue weighted by molar-refractivity contribution is -0.147. The van der Waals surface area contributed by atoms with Crippen molar-refractivity contribution in [1.29, 1.82) is 0 Å². The van der Waals surface area contributed by atoms with Gasteiger partial charge in [0.05, 0.1) is 13.0 Å². The number of rotatable bonds is 1. The molecule has 0 N–H and O–H groups in total. The molecular formula is C13H18O2. The molecule has 0 aromatic rings. The lowest BCUT2D eigenvalue weighted by Crippen LogP contribution is -2.38. The summed E-state index contributed by atoms with van der Waals surface area (Å²) in [5.74, 6) is 0.314. The molecule has 3 aliphatic carbocycles. The summed E-state index contributed by atoms with van der Waals surface area (Å²) in [6.45, 7) is 6.61. The zero-order valence-electron chi connectivity index (χ0n) is 9.83. The van der Waals surface area contributed by atoms with Crippen molar-refractivity contribution in [3.63, 3.8) is 0 Å². The maximum atomic E-state index is 11.5. The van der Waals surface area contributed by atoms with Crippen LogP contribution >= 0.6 is 0 Å². The maximum absolute atomic E-state index is 11.5. The van der Waals surface area contributed by atoms with Gasteiger partial charge in [-0.2, -0.15) is 0 Å². The van der Waals surface area contributed by atoms with Gasteiger partial charge in [0, 0.05) is 0 Å². The molecular weight excluding hydrogens is 188 g/mol. The minimum atomic E-state index is -0.0818. The average molecular weight is 206 g/mol. The van der Waals surface area contributed by atoms with Gasteiger partial charge in [-0.15, -0.1) is 0 Å². The van der Waals surface area contributed by atoms with Crippen molar-refractivity contribution in [2.45, 2.75) is 27.2 Å². The van der Waals surface area contributed by atoms with E-state index in [1.165, 1.54) is 18.3 Å². The van der Waals surface area contributed by atoms with Crippen LogP contribution < -0.4 is 0 Å². The molecule has 0 spiro atoms. The first-order valence-corrected chi connectivity index (χ1v) is 5.44. The number of methoxy groups -OCH3 is 1. The average Bonchev–Trinajstić information content (AvgIpc) is 2.16. The SMILES string of the molecule is COC(=O)C1C2=CC(C(C)(C)C)=CC1C2. The fourth-order valence-electron chi connectivity index (χ4n) is 2.33. The standard InChI is InChI=1S/C13H18O2/c1-13(2,3)10-6-8-5-9(7-10)11(8)12(14)15-4/h6-8,11H,5H2,1-4H3. The molecule has 2 bridgehead atoms. The molecule has 82 valence electrons. The summed E-state index contributed by atoms with van der Waals surface area (Å²) in [6, 6.07) is 0. The van der Waals surface area contributed by atoms with Crippen LogP contribution in [0.15, 0.2) is 23.3 Å². The lowest BCUT2D eigenvalue weighted by atomic mass is 9.62. The third-order valence-corrected chi connectivity index (χ3v) is 3.35. The molecule has 2 heteroatoms. The molecule has 2 unspecified atom stereocenters. The summed E-state index contributed by atoms with van der Waals surface area (Å²) in [6.07, 6.45) is 5.47. The number of carbonyl (C=O) groups excluding carboxylic acids is 1. The molecule has 3 rings (SSSR count). The second-order valence-corrected chi connectivity index (χ2v) is 5.46. The van der Waals surface area contributed by atoms with Crippen LogP contribution in [0.2, 0.25) is 0 Å². The molecule has 0 aromatic heterocycles. The number of hydrogen-bond donors (Lipinski definition) is 0. The van der Waals surface area contributed by atoms with E-state index in [1.807, 2.05) is 0 Å². The second-order valence-electron chi connectivity index (χ2n) is 5.46. The van der Waals surface area contributed by atoms with Crippen LogP contribution in [0, 0.1) is 17.3 Å². The van der Waals surface area contributed by atoms with Crippen LogP contribution in [0.1, 0.15) is 27.2 Å². The molecule has 1 fully saturated rings. The number of esters is 1. The third-order valence-electron chi connectivity index (χ3n) is 3.35. The van der Waals surface area contributed by atoms with E-state index in [-0.39, 0.29) is 17.3 Å². The smallest absolute Gasteiger partial charge is 0.313 e. The number of hydrogen-bond acceptors (Lipinski definition) is 2. The first-order valence-electron chi connectivity index (χ1n) is 5.44. The summed E-state index contributed by atoms with van der Waals surface area (Å²) < 4.78 is 4.80. The quantitative estimate of drug-likeness (QED) is 0.617. The number of allylic oxidation sites excluding steroid dienone is 3. The molecule has 3 aliphatic rings. The van der Waals surface area contributed by atoms with Crippen LogP contribution in [0.3, 0.4) is 0 Å². The minimum absolute atomic E-state index is 0.0149. The molecule has 0 radical (unpaired) electrons. The normalized spacial score (nSPS) is 28.8. The molecule has 15 heavy (non-hydrogen) atoms. The minimum Gasteiger partial charge on any atom is -0.469 e. The van der Waals surface area contributed by atoms with E-state index >= 15 is 0 Å². The number of fused-ring (bicyclic) bond motifs is 1. The first-order chi connectivity index (χ1) is 6.93. The number of ether oxygens (including phenoxy) is 1. The zero-order valence-corrected chi connectivity index (χ0v) is 9.83. The van der Waals surface area contributed by atoms with Crippen molar-refractivity contribution in [2.75, 3.05) is 7.11 Å². The second kappa shape index (κ2) is 3.22. The van der Waals surface area contributed by atoms with Crippen molar-refractivity contribution in [2.24, 2.45) is 17.3 Å². The Hall–Kier alpha value is -1.05. The Labute approximate surface area is 91.0 Å². The summed E-state index contributed by atoms with van der Waals surface area (Å²) in [7, 11) is 1.46. The zero-order chi connectivity index (χ0) is 11.2. The highest BCUT2D eigenvalue weighted by Gasteiger charge is 2.44. The fourth-order valence-corrected chi connectivity index (χ4v) is 2.33. The lowest BCUT2D eigenvalue weighted by Gasteiger charge is -2.42. The fraction of sp³-hybridized carbons (Fsp3) is 0.615. The van der Waals surface area contributed by atoms with Gasteiger partial charge >= 0.3 is 5.97 Å². The predicted molar refractivity (Wildman–Crippen MR) is 59.2 cm³/mol. The van der Waals surface area contributed by atoms with Gasteiger partial charge in [0.25, 0.3) is 0 Å². The van der Waals surface area contributed by atoms with E-state index in [0.717, 1.165) is 6.42 Å². The van der Waals surface area contributed by atoms with E-state index in [1.54, 1.807) is 0 Å². The van der Waals surface area contributed by atoms with Crippen molar-refractivity contribution >= 4 is 5.97 Å². The molecule has 0 heterocycles. The van der Waals surface area contributed by atoms with Gasteiger partial charge in [-0.3, -0.25) is 4.79 Å². The maximum Gasteiger partial charge on any atom is 0.313 e. The molecule has 2 nitrogen and oxygen atoms in total. The summed E-state index contributed by atoms with van der Waals surface area (Å²) in [5.41, 5.74) is 2.79. The topological polar surface area (TPSA) is 26.3 Å². The molecule has 1 saturated carbocycles. The third kappa shape index (κ3) is 1.62. The summed E-state index contributed by atoms with van der Waals surface area (Å²) >= 11 is 0. The highest BCUT2D eigenvalue weighted by molar-refractivity contribution is 5.79. The summed E-state index contributed by atoms with van der Waals surface area (Å²) in [4.78, 5) is 11.5. The Morgan fingerprint density at radius 1 is 1.47 bits per heavy atom. The molecule has 0 aliphatic heterocycles. The van der Waals surface area contributed by atoms with Gasteiger partial charge in [-0.1, -0.05) is 38.5 Å². The Morgan fingerprint density at radius 2 is 2.13 bits per heavy atom. The molecule has 0 saturated heterocycles. The molecule has 2 atom stereocenters. The van der Waals surface area contributed by atoms with Crippen LogP contribution in [-0.2, 0) is 9.53 Å². The Kier molecular flexibility index (Phi) is 2.25. The van der Waals surface area contributed by atoms with Crippen molar-refractivity contribution in [3.8, 4) is 0 Å². The van der Waals surface area contributed by atoms with Crippen LogP contribution in [0.25, 0.3) is 0 Å². The Balaban J connectivity index is 2.19. The van der Waals surface area contributed by atoms with Gasteiger partial charge in [0.15, 0.2) is 0 Å². The van der Waals surface area contributed by atoms with Crippen molar-refractivity contribution in [3.05, 3.63) is 23.3 Å². The van der Waals surface area contributed by atoms with E-state index in [4.69, 9.17) is 4.74 Å². The van der Waals surface area contributed by atoms with Gasteiger partial charge in [-0.05, 0) is 23.3 Å². The Bertz CT molecular complexity index is 355. The molecule has 0 amide bonds. The highest BCUT2D eigenvalue weighted by atomic mass is 16.5. The molecule has 0 aromatic carbocycles. The van der Waals surface area contributed by atoms with E-state index in [2.05, 4.69) is 32.9 Å². The largest absolute Gasteiger partial charge is 0.469 e. The predicted octanol–water partition coefficient (Wildman–Crippen LogP) is 2.71. The van der Waals surface area contributed by atoms with Gasteiger partial charge in [0.1, 0.15) is 0 Å². The van der Waals surface area contributed by atoms with Gasteiger partial charge in [-0.25, -0.2) is 0 Å². The van der Waals surface area contributed by atoms with Crippen LogP contribution in [0.5, 0.6) is 0 Å². The van der Waals surface area contributed by atoms with Gasteiger partial charge in [0.2, 0.25) is 0 Å². The monoisotopic (exact) mass is 206 g/mol. The Morgan fingerprint density at radius 3 is 2.53 bits per heavy atom. The van der Waals surface area contributed by atoms with E-state index < -0.39 is 0 Å². The first kappa shape index (κ1) is 10.5. The highest BCUT2D eigenvalue weighted by Crippen LogP contribution is 2.49. The van der Waals surface area contributed by atoms with Crippen LogP contribution in [0.4, 0.5) is 0 Å². The van der Waals surface area contributed by atoms with Gasteiger partial charge < -0.3 is 4.74 Å². The van der Waals surface area contributed by atoms with E-state index in [9.17, 15) is 4.79 Å².